The van der Waals surface area contributed by atoms with Crippen LogP contribution in [0.4, 0.5) is 0 Å². The minimum Gasteiger partial charge on any atom is -0.497 e. The van der Waals surface area contributed by atoms with Gasteiger partial charge in [-0.25, -0.2) is 12.4 Å². The Labute approximate surface area is 183 Å². The molecule has 3 aromatic carbocycles. The number of hydrogen-bond donors (Lipinski definition) is 0. The first-order valence-corrected chi connectivity index (χ1v) is 11.4. The molecule has 30 heavy (non-hydrogen) atoms. The number of fused-ring (bicyclic) bond motifs is 1. The zero-order valence-electron chi connectivity index (χ0n) is 16.1. The molecule has 1 aromatic heterocycles. The summed E-state index contributed by atoms with van der Waals surface area (Å²) in [6.07, 6.45) is 0.993. The van der Waals surface area contributed by atoms with Crippen LogP contribution in [0.3, 0.4) is 0 Å². The summed E-state index contributed by atoms with van der Waals surface area (Å²) in [5, 5.41) is 0.723. The van der Waals surface area contributed by atoms with Crippen LogP contribution in [0.25, 0.3) is 22.2 Å². The highest BCUT2D eigenvalue weighted by molar-refractivity contribution is 9.10. The molecule has 0 radical (unpaired) electrons. The van der Waals surface area contributed by atoms with Crippen molar-refractivity contribution in [2.75, 3.05) is 7.11 Å². The number of ether oxygens (including phenoxy) is 1. The average molecular weight is 484 g/mol. The van der Waals surface area contributed by atoms with Crippen molar-refractivity contribution in [2.24, 2.45) is 0 Å². The number of aromatic nitrogens is 1. The molecule has 4 aromatic rings. The van der Waals surface area contributed by atoms with Crippen LogP contribution in [0.2, 0.25) is 0 Å². The highest BCUT2D eigenvalue weighted by Crippen LogP contribution is 2.36. The third-order valence-corrected chi connectivity index (χ3v) is 7.13. The topological polar surface area (TPSA) is 65.4 Å². The molecule has 0 aliphatic heterocycles. The first kappa shape index (κ1) is 20.4. The lowest BCUT2D eigenvalue weighted by molar-refractivity contribution is -0.107. The van der Waals surface area contributed by atoms with Gasteiger partial charge in [0.1, 0.15) is 12.0 Å². The number of benzene rings is 3. The fourth-order valence-corrected chi connectivity index (χ4v) is 5.40. The lowest BCUT2D eigenvalue weighted by Gasteiger charge is -2.15. The summed E-state index contributed by atoms with van der Waals surface area (Å²) in [4.78, 5) is 11.4. The van der Waals surface area contributed by atoms with Crippen molar-refractivity contribution < 1.29 is 17.9 Å². The quantitative estimate of drug-likeness (QED) is 0.359. The molecule has 0 aliphatic carbocycles. The maximum atomic E-state index is 13.7. The van der Waals surface area contributed by atoms with Crippen molar-refractivity contribution in [3.8, 4) is 17.0 Å². The van der Waals surface area contributed by atoms with Crippen molar-refractivity contribution in [3.63, 3.8) is 0 Å². The van der Waals surface area contributed by atoms with Crippen molar-refractivity contribution in [1.29, 1.82) is 0 Å². The van der Waals surface area contributed by atoms with Crippen LogP contribution in [-0.4, -0.2) is 25.8 Å². The predicted octanol–water partition coefficient (Wildman–Crippen LogP) is 5.06. The number of methoxy groups -OCH3 is 1. The molecule has 0 atom stereocenters. The Bertz CT molecular complexity index is 1340. The molecule has 0 unspecified atom stereocenters. The summed E-state index contributed by atoms with van der Waals surface area (Å²) in [5.74, 6) is 0.630. The van der Waals surface area contributed by atoms with E-state index in [0.717, 1.165) is 21.7 Å². The third-order valence-electron chi connectivity index (χ3n) is 4.90. The molecule has 152 valence electrons. The smallest absolute Gasteiger partial charge is 0.268 e. The van der Waals surface area contributed by atoms with Crippen LogP contribution in [0.15, 0.2) is 82.2 Å². The van der Waals surface area contributed by atoms with Crippen molar-refractivity contribution in [2.45, 2.75) is 11.3 Å². The number of hydrogen-bond acceptors (Lipinski definition) is 4. The van der Waals surface area contributed by atoms with E-state index < -0.39 is 10.0 Å². The van der Waals surface area contributed by atoms with Crippen molar-refractivity contribution >= 4 is 43.1 Å². The Kier molecular flexibility index (Phi) is 5.49. The second kappa shape index (κ2) is 8.08. The van der Waals surface area contributed by atoms with E-state index in [9.17, 15) is 13.2 Å². The van der Waals surface area contributed by atoms with Gasteiger partial charge in [-0.2, -0.15) is 0 Å². The largest absolute Gasteiger partial charge is 0.497 e. The predicted molar refractivity (Wildman–Crippen MR) is 120 cm³/mol. The van der Waals surface area contributed by atoms with Gasteiger partial charge >= 0.3 is 0 Å². The molecule has 0 bridgehead atoms. The van der Waals surface area contributed by atoms with E-state index in [0.29, 0.717) is 22.5 Å². The van der Waals surface area contributed by atoms with E-state index in [-0.39, 0.29) is 11.3 Å². The zero-order valence-corrected chi connectivity index (χ0v) is 18.5. The molecule has 0 fully saturated rings. The summed E-state index contributed by atoms with van der Waals surface area (Å²) in [5.41, 5.74) is 2.44. The highest BCUT2D eigenvalue weighted by atomic mass is 79.9. The molecular weight excluding hydrogens is 466 g/mol. The van der Waals surface area contributed by atoms with E-state index in [4.69, 9.17) is 4.74 Å². The molecule has 0 saturated carbocycles. The minimum atomic E-state index is -3.89. The molecule has 0 spiro atoms. The molecule has 5 nitrogen and oxygen atoms in total. The van der Waals surface area contributed by atoms with Crippen LogP contribution in [0, 0.1) is 0 Å². The molecule has 0 N–H and O–H groups in total. The number of halogens is 1. The van der Waals surface area contributed by atoms with Crippen LogP contribution in [-0.2, 0) is 21.2 Å². The van der Waals surface area contributed by atoms with Crippen LogP contribution in [0.5, 0.6) is 5.75 Å². The van der Waals surface area contributed by atoms with Gasteiger partial charge in [0, 0.05) is 21.8 Å². The summed E-state index contributed by atoms with van der Waals surface area (Å²) < 4.78 is 34.8. The monoisotopic (exact) mass is 483 g/mol. The van der Waals surface area contributed by atoms with E-state index in [1.807, 2.05) is 24.3 Å². The van der Waals surface area contributed by atoms with Crippen LogP contribution < -0.4 is 4.74 Å². The van der Waals surface area contributed by atoms with Gasteiger partial charge in [-0.15, -0.1) is 0 Å². The number of rotatable bonds is 6. The van der Waals surface area contributed by atoms with Crippen LogP contribution in [0.1, 0.15) is 5.56 Å². The van der Waals surface area contributed by atoms with E-state index in [2.05, 4.69) is 15.9 Å². The van der Waals surface area contributed by atoms with Gasteiger partial charge in [0.25, 0.3) is 10.0 Å². The van der Waals surface area contributed by atoms with Crippen LogP contribution >= 0.6 is 15.9 Å². The Hall–Kier alpha value is -2.90. The van der Waals surface area contributed by atoms with Gasteiger partial charge in [0.15, 0.2) is 0 Å². The maximum Gasteiger partial charge on any atom is 0.268 e. The fraction of sp³-hybridized carbons (Fsp3) is 0.0870. The summed E-state index contributed by atoms with van der Waals surface area (Å²) in [7, 11) is -2.33. The molecule has 0 amide bonds. The molecule has 0 saturated heterocycles. The maximum absolute atomic E-state index is 13.7. The molecular formula is C23H18BrNO4S. The number of nitrogens with zero attached hydrogens (tertiary/aromatic N) is 1. The highest BCUT2D eigenvalue weighted by Gasteiger charge is 2.25. The lowest BCUT2D eigenvalue weighted by atomic mass is 10.0. The Balaban J connectivity index is 2.10. The average Bonchev–Trinajstić information content (AvgIpc) is 3.15. The lowest BCUT2D eigenvalue weighted by Crippen LogP contribution is -2.14. The molecule has 7 heteroatoms. The first-order chi connectivity index (χ1) is 14.5. The zero-order chi connectivity index (χ0) is 21.3. The number of aldehydes is 1. The Morgan fingerprint density at radius 3 is 2.47 bits per heavy atom. The summed E-state index contributed by atoms with van der Waals surface area (Å²) >= 11 is 3.46. The first-order valence-electron chi connectivity index (χ1n) is 9.18. The minimum absolute atomic E-state index is 0.179. The molecule has 4 rings (SSSR count). The number of carbonyl (C=O) groups is 1. The Morgan fingerprint density at radius 2 is 1.77 bits per heavy atom. The number of carbonyl (C=O) groups excluding carboxylic acids is 1. The second-order valence-electron chi connectivity index (χ2n) is 6.71. The van der Waals surface area contributed by atoms with Gasteiger partial charge in [0.05, 0.1) is 23.2 Å². The van der Waals surface area contributed by atoms with Gasteiger partial charge in [-0.1, -0.05) is 40.2 Å². The summed E-state index contributed by atoms with van der Waals surface area (Å²) in [6.45, 7) is 0. The van der Waals surface area contributed by atoms with Gasteiger partial charge in [-0.05, 0) is 54.1 Å². The SMILES string of the molecule is COc1ccc2c(c1)cc(-c1cc(Br)ccc1CC=O)n2S(=O)(=O)c1ccccc1. The summed E-state index contributed by atoms with van der Waals surface area (Å²) in [6, 6.07) is 20.9. The third kappa shape index (κ3) is 3.55. The van der Waals surface area contributed by atoms with Gasteiger partial charge in [0.2, 0.25) is 0 Å². The van der Waals surface area contributed by atoms with Gasteiger partial charge in [-0.3, -0.25) is 0 Å². The standard InChI is InChI=1S/C23H18BrNO4S/c1-29-19-9-10-22-17(13-19)14-23(21-15-18(24)8-7-16(21)11-12-26)25(22)30(27,28)20-5-3-2-4-6-20/h2-10,12-15H,11H2,1H3. The Morgan fingerprint density at radius 1 is 1.00 bits per heavy atom. The van der Waals surface area contributed by atoms with Crippen molar-refractivity contribution in [1.82, 2.24) is 3.97 Å². The molecule has 1 heterocycles. The second-order valence-corrected chi connectivity index (χ2v) is 9.41. The molecule has 0 aliphatic rings. The van der Waals surface area contributed by atoms with Crippen molar-refractivity contribution in [3.05, 3.63) is 82.8 Å². The fourth-order valence-electron chi connectivity index (χ4n) is 3.49. The van der Waals surface area contributed by atoms with Gasteiger partial charge < -0.3 is 9.53 Å². The van der Waals surface area contributed by atoms with E-state index >= 15 is 0 Å². The normalized spacial score (nSPS) is 11.5. The van der Waals surface area contributed by atoms with E-state index in [1.54, 1.807) is 55.6 Å². The van der Waals surface area contributed by atoms with E-state index in [1.165, 1.54) is 3.97 Å².